The second-order valence-corrected chi connectivity index (χ2v) is 7.53. The molecule has 3 rings (SSSR count). The van der Waals surface area contributed by atoms with Crippen molar-refractivity contribution < 1.29 is 27.8 Å². The average Bonchev–Trinajstić information content (AvgIpc) is 3.59. The fourth-order valence-corrected chi connectivity index (χ4v) is 3.57. The Hall–Kier alpha value is -2.87. The van der Waals surface area contributed by atoms with Gasteiger partial charge >= 0.3 is 6.61 Å². The van der Waals surface area contributed by atoms with Crippen molar-refractivity contribution in [2.45, 2.75) is 45.0 Å². The van der Waals surface area contributed by atoms with E-state index in [1.54, 1.807) is 19.2 Å². The number of para-hydroxylation sites is 1. The summed E-state index contributed by atoms with van der Waals surface area (Å²) in [6.07, 6.45) is 2.05. The minimum absolute atomic E-state index is 0.0115. The summed E-state index contributed by atoms with van der Waals surface area (Å²) >= 11 is 0. The van der Waals surface area contributed by atoms with Gasteiger partial charge < -0.3 is 19.5 Å². The highest BCUT2D eigenvalue weighted by Gasteiger charge is 2.31. The van der Waals surface area contributed by atoms with Crippen molar-refractivity contribution in [3.05, 3.63) is 53.6 Å². The highest BCUT2D eigenvalue weighted by atomic mass is 19.3. The second-order valence-electron chi connectivity index (χ2n) is 7.53. The van der Waals surface area contributed by atoms with Gasteiger partial charge in [-0.15, -0.1) is 0 Å². The highest BCUT2D eigenvalue weighted by molar-refractivity contribution is 5.78. The van der Waals surface area contributed by atoms with Crippen LogP contribution in [0, 0.1) is 0 Å². The molecule has 1 saturated carbocycles. The van der Waals surface area contributed by atoms with Crippen LogP contribution < -0.4 is 19.5 Å². The van der Waals surface area contributed by atoms with Gasteiger partial charge in [-0.1, -0.05) is 24.3 Å². The molecule has 0 aliphatic heterocycles. The molecule has 0 spiro atoms. The molecule has 0 radical (unpaired) electrons. The molecule has 1 aliphatic rings. The van der Waals surface area contributed by atoms with Crippen molar-refractivity contribution in [3.63, 3.8) is 0 Å². The van der Waals surface area contributed by atoms with E-state index in [-0.39, 0.29) is 30.0 Å². The molecule has 1 aliphatic carbocycles. The molecule has 1 unspecified atom stereocenters. The smallest absolute Gasteiger partial charge is 0.387 e. The first-order chi connectivity index (χ1) is 14.9. The molecule has 1 atom stereocenters. The number of carbonyl (C=O) groups excluding carboxylic acids is 1. The normalized spacial score (nSPS) is 14.4. The molecule has 0 heterocycles. The van der Waals surface area contributed by atoms with Crippen molar-refractivity contribution in [2.75, 3.05) is 20.8 Å². The molecule has 0 aromatic heterocycles. The van der Waals surface area contributed by atoms with Gasteiger partial charge in [0.15, 0.2) is 11.5 Å². The monoisotopic (exact) mass is 434 g/mol. The molecule has 2 aromatic carbocycles. The van der Waals surface area contributed by atoms with Gasteiger partial charge in [-0.2, -0.15) is 8.78 Å². The Morgan fingerprint density at radius 1 is 1.10 bits per heavy atom. The van der Waals surface area contributed by atoms with Crippen LogP contribution in [0.1, 0.15) is 36.9 Å². The van der Waals surface area contributed by atoms with E-state index in [4.69, 9.17) is 9.47 Å². The van der Waals surface area contributed by atoms with Crippen molar-refractivity contribution in [2.24, 2.45) is 0 Å². The zero-order chi connectivity index (χ0) is 22.4. The van der Waals surface area contributed by atoms with E-state index in [1.807, 2.05) is 31.2 Å². The molecule has 1 amide bonds. The molecular formula is C23H28F2N2O4. The quantitative estimate of drug-likeness (QED) is 0.576. The number of halogens is 2. The van der Waals surface area contributed by atoms with Crippen LogP contribution in [0.2, 0.25) is 0 Å². The van der Waals surface area contributed by atoms with Gasteiger partial charge in [-0.05, 0) is 43.5 Å². The van der Waals surface area contributed by atoms with Crippen LogP contribution in [-0.4, -0.2) is 44.2 Å². The standard InChI is InChI=1S/C23H28F2N2O4/c1-15(18-6-4-5-7-19(18)29-2)26-22(28)14-27(17-9-10-17)13-16-8-11-20(31-23(24)25)21(12-16)30-3/h4-8,11-12,15,17,23H,9-10,13-14H2,1-3H3,(H,26,28). The van der Waals surface area contributed by atoms with Gasteiger partial charge in [-0.3, -0.25) is 9.69 Å². The van der Waals surface area contributed by atoms with Crippen molar-refractivity contribution >= 4 is 5.91 Å². The van der Waals surface area contributed by atoms with Gasteiger partial charge in [-0.25, -0.2) is 0 Å². The van der Waals surface area contributed by atoms with Crippen LogP contribution >= 0.6 is 0 Å². The molecular weight excluding hydrogens is 406 g/mol. The molecule has 6 nitrogen and oxygen atoms in total. The van der Waals surface area contributed by atoms with Gasteiger partial charge in [0, 0.05) is 18.2 Å². The van der Waals surface area contributed by atoms with E-state index in [1.165, 1.54) is 13.2 Å². The third-order valence-electron chi connectivity index (χ3n) is 5.22. The Morgan fingerprint density at radius 3 is 2.45 bits per heavy atom. The summed E-state index contributed by atoms with van der Waals surface area (Å²) < 4.78 is 40.1. The van der Waals surface area contributed by atoms with Gasteiger partial charge in [0.25, 0.3) is 0 Å². The van der Waals surface area contributed by atoms with Crippen molar-refractivity contribution in [1.29, 1.82) is 0 Å². The van der Waals surface area contributed by atoms with E-state index in [0.717, 1.165) is 29.7 Å². The Kier molecular flexibility index (Phi) is 7.68. The third kappa shape index (κ3) is 6.30. The SMILES string of the molecule is COc1cc(CN(CC(=O)NC(C)c2ccccc2OC)C2CC2)ccc1OC(F)F. The number of rotatable bonds is 11. The number of nitrogens with one attached hydrogen (secondary N) is 1. The Morgan fingerprint density at radius 2 is 1.81 bits per heavy atom. The Balaban J connectivity index is 1.64. The summed E-state index contributed by atoms with van der Waals surface area (Å²) in [5.74, 6) is 0.868. The summed E-state index contributed by atoms with van der Waals surface area (Å²) in [6, 6.07) is 12.6. The van der Waals surface area contributed by atoms with Gasteiger partial charge in [0.2, 0.25) is 5.91 Å². The van der Waals surface area contributed by atoms with E-state index < -0.39 is 6.61 Å². The van der Waals surface area contributed by atoms with Crippen LogP contribution in [0.3, 0.4) is 0 Å². The molecule has 0 bridgehead atoms. The maximum absolute atomic E-state index is 12.7. The van der Waals surface area contributed by atoms with Crippen molar-refractivity contribution in [3.8, 4) is 17.2 Å². The summed E-state index contributed by atoms with van der Waals surface area (Å²) in [4.78, 5) is 14.8. The molecule has 2 aromatic rings. The lowest BCUT2D eigenvalue weighted by Crippen LogP contribution is -2.39. The van der Waals surface area contributed by atoms with Crippen LogP contribution in [0.25, 0.3) is 0 Å². The van der Waals surface area contributed by atoms with Gasteiger partial charge in [0.05, 0.1) is 26.8 Å². The number of hydrogen-bond donors (Lipinski definition) is 1. The van der Waals surface area contributed by atoms with Crippen molar-refractivity contribution in [1.82, 2.24) is 10.2 Å². The van der Waals surface area contributed by atoms with Crippen LogP contribution in [-0.2, 0) is 11.3 Å². The number of amides is 1. The minimum Gasteiger partial charge on any atom is -0.496 e. The maximum Gasteiger partial charge on any atom is 0.387 e. The van der Waals surface area contributed by atoms with Crippen LogP contribution in [0.4, 0.5) is 8.78 Å². The number of methoxy groups -OCH3 is 2. The molecule has 1 fully saturated rings. The number of carbonyl (C=O) groups is 1. The number of ether oxygens (including phenoxy) is 3. The minimum atomic E-state index is -2.92. The lowest BCUT2D eigenvalue weighted by Gasteiger charge is -2.24. The molecule has 0 saturated heterocycles. The summed E-state index contributed by atoms with van der Waals surface area (Å²) in [7, 11) is 3.01. The fraction of sp³-hybridized carbons (Fsp3) is 0.435. The van der Waals surface area contributed by atoms with E-state index in [0.29, 0.717) is 12.6 Å². The molecule has 31 heavy (non-hydrogen) atoms. The van der Waals surface area contributed by atoms with Crippen LogP contribution in [0.5, 0.6) is 17.2 Å². The number of alkyl halides is 2. The van der Waals surface area contributed by atoms with E-state index in [2.05, 4.69) is 15.0 Å². The summed E-state index contributed by atoms with van der Waals surface area (Å²) in [6.45, 7) is -0.255. The zero-order valence-electron chi connectivity index (χ0n) is 17.9. The molecule has 168 valence electrons. The summed E-state index contributed by atoms with van der Waals surface area (Å²) in [5, 5.41) is 3.03. The third-order valence-corrected chi connectivity index (χ3v) is 5.22. The number of benzene rings is 2. The summed E-state index contributed by atoms with van der Waals surface area (Å²) in [5.41, 5.74) is 1.77. The van der Waals surface area contributed by atoms with E-state index >= 15 is 0 Å². The number of hydrogen-bond acceptors (Lipinski definition) is 5. The Labute approximate surface area is 181 Å². The largest absolute Gasteiger partial charge is 0.496 e. The topological polar surface area (TPSA) is 60.0 Å². The van der Waals surface area contributed by atoms with Gasteiger partial charge in [0.1, 0.15) is 5.75 Å². The lowest BCUT2D eigenvalue weighted by atomic mass is 10.1. The molecule has 1 N–H and O–H groups in total. The highest BCUT2D eigenvalue weighted by Crippen LogP contribution is 2.32. The second kappa shape index (κ2) is 10.4. The fourth-order valence-electron chi connectivity index (χ4n) is 3.57. The van der Waals surface area contributed by atoms with E-state index in [9.17, 15) is 13.6 Å². The Bertz CT molecular complexity index is 890. The maximum atomic E-state index is 12.7. The average molecular weight is 434 g/mol. The first kappa shape index (κ1) is 22.8. The first-order valence-electron chi connectivity index (χ1n) is 10.2. The lowest BCUT2D eigenvalue weighted by molar-refractivity contribution is -0.123. The molecule has 8 heteroatoms. The predicted octanol–water partition coefficient (Wildman–Crippen LogP) is 4.15. The zero-order valence-corrected chi connectivity index (χ0v) is 17.9. The first-order valence-corrected chi connectivity index (χ1v) is 10.2. The number of nitrogens with zero attached hydrogens (tertiary/aromatic N) is 1. The van der Waals surface area contributed by atoms with Crippen LogP contribution in [0.15, 0.2) is 42.5 Å². The predicted molar refractivity (Wildman–Crippen MR) is 113 cm³/mol.